The van der Waals surface area contributed by atoms with Gasteiger partial charge in [0.25, 0.3) is 0 Å². The summed E-state index contributed by atoms with van der Waals surface area (Å²) in [5.41, 5.74) is 2.15. The average molecular weight is 271 g/mol. The van der Waals surface area contributed by atoms with Crippen molar-refractivity contribution < 1.29 is 0 Å². The molecule has 0 spiro atoms. The maximum atomic E-state index is 9.13. The van der Waals surface area contributed by atoms with Crippen LogP contribution in [0.25, 0.3) is 0 Å². The molecule has 0 saturated carbocycles. The van der Waals surface area contributed by atoms with Crippen molar-refractivity contribution in [1.29, 1.82) is 5.26 Å². The summed E-state index contributed by atoms with van der Waals surface area (Å²) < 4.78 is 0. The SMILES string of the molecule is CC1(C)CC(NCc2ccccc2C#N)CC(C)(C)N1. The Morgan fingerprint density at radius 2 is 1.80 bits per heavy atom. The summed E-state index contributed by atoms with van der Waals surface area (Å²) in [7, 11) is 0. The Morgan fingerprint density at radius 1 is 1.20 bits per heavy atom. The van der Waals surface area contributed by atoms with Crippen LogP contribution in [0.15, 0.2) is 24.3 Å². The molecule has 0 radical (unpaired) electrons. The molecular weight excluding hydrogens is 246 g/mol. The summed E-state index contributed by atoms with van der Waals surface area (Å²) in [4.78, 5) is 0. The second-order valence-corrected chi connectivity index (χ2v) is 7.15. The minimum Gasteiger partial charge on any atom is -0.310 e. The predicted octanol–water partition coefficient (Wildman–Crippen LogP) is 2.96. The predicted molar refractivity (Wildman–Crippen MR) is 82.3 cm³/mol. The molecule has 1 saturated heterocycles. The van der Waals surface area contributed by atoms with Crippen LogP contribution in [-0.2, 0) is 6.54 Å². The standard InChI is InChI=1S/C17H25N3/c1-16(2)9-15(10-17(3,4)20-16)19-12-14-8-6-5-7-13(14)11-18/h5-8,15,19-20H,9-10,12H2,1-4H3. The fourth-order valence-corrected chi connectivity index (χ4v) is 3.50. The molecule has 20 heavy (non-hydrogen) atoms. The summed E-state index contributed by atoms with van der Waals surface area (Å²) in [6, 6.07) is 10.6. The first kappa shape index (κ1) is 15.0. The van der Waals surface area contributed by atoms with E-state index in [0.717, 1.165) is 30.5 Å². The van der Waals surface area contributed by atoms with Gasteiger partial charge in [0, 0.05) is 23.7 Å². The third kappa shape index (κ3) is 3.82. The fourth-order valence-electron chi connectivity index (χ4n) is 3.50. The van der Waals surface area contributed by atoms with Crippen LogP contribution < -0.4 is 10.6 Å². The van der Waals surface area contributed by atoms with Crippen molar-refractivity contribution in [2.75, 3.05) is 0 Å². The minimum absolute atomic E-state index is 0.147. The molecule has 0 amide bonds. The number of hydrogen-bond acceptors (Lipinski definition) is 3. The number of nitrogens with zero attached hydrogens (tertiary/aromatic N) is 1. The molecule has 3 heteroatoms. The number of nitriles is 1. The summed E-state index contributed by atoms with van der Waals surface area (Å²) in [5.74, 6) is 0. The van der Waals surface area contributed by atoms with Crippen molar-refractivity contribution in [3.8, 4) is 6.07 Å². The van der Waals surface area contributed by atoms with Crippen LogP contribution in [0.1, 0.15) is 51.7 Å². The molecule has 3 nitrogen and oxygen atoms in total. The Labute approximate surface area is 122 Å². The van der Waals surface area contributed by atoms with Crippen LogP contribution in [-0.4, -0.2) is 17.1 Å². The highest BCUT2D eigenvalue weighted by molar-refractivity contribution is 5.37. The molecule has 1 aromatic carbocycles. The molecule has 1 aromatic rings. The van der Waals surface area contributed by atoms with Crippen LogP contribution in [0.4, 0.5) is 0 Å². The van der Waals surface area contributed by atoms with Gasteiger partial charge >= 0.3 is 0 Å². The van der Waals surface area contributed by atoms with E-state index in [9.17, 15) is 0 Å². The lowest BCUT2D eigenvalue weighted by Gasteiger charge is -2.46. The first-order valence-corrected chi connectivity index (χ1v) is 7.32. The lowest BCUT2D eigenvalue weighted by Crippen LogP contribution is -2.61. The van der Waals surface area contributed by atoms with Gasteiger partial charge in [-0.2, -0.15) is 5.26 Å². The highest BCUT2D eigenvalue weighted by Gasteiger charge is 2.37. The number of piperidine rings is 1. The molecule has 1 aliphatic heterocycles. The number of rotatable bonds is 3. The molecule has 1 fully saturated rings. The molecule has 108 valence electrons. The quantitative estimate of drug-likeness (QED) is 0.888. The van der Waals surface area contributed by atoms with Crippen molar-refractivity contribution in [2.45, 2.75) is 64.2 Å². The smallest absolute Gasteiger partial charge is 0.0995 e. The Morgan fingerprint density at radius 3 is 2.40 bits per heavy atom. The molecule has 0 atom stereocenters. The van der Waals surface area contributed by atoms with Crippen LogP contribution in [0.3, 0.4) is 0 Å². The van der Waals surface area contributed by atoms with Crippen molar-refractivity contribution in [1.82, 2.24) is 10.6 Å². The summed E-state index contributed by atoms with van der Waals surface area (Å²) in [6.45, 7) is 9.79. The first-order chi connectivity index (χ1) is 9.31. The average Bonchev–Trinajstić information content (AvgIpc) is 2.33. The van der Waals surface area contributed by atoms with Crippen LogP contribution in [0, 0.1) is 11.3 Å². The van der Waals surface area contributed by atoms with Gasteiger partial charge in [-0.1, -0.05) is 18.2 Å². The maximum Gasteiger partial charge on any atom is 0.0995 e. The molecule has 0 unspecified atom stereocenters. The van der Waals surface area contributed by atoms with E-state index < -0.39 is 0 Å². The maximum absolute atomic E-state index is 9.13. The van der Waals surface area contributed by atoms with Crippen molar-refractivity contribution in [2.24, 2.45) is 0 Å². The molecule has 0 bridgehead atoms. The number of hydrogen-bond donors (Lipinski definition) is 2. The highest BCUT2D eigenvalue weighted by Crippen LogP contribution is 2.28. The van der Waals surface area contributed by atoms with E-state index in [1.807, 2.05) is 24.3 Å². The molecular formula is C17H25N3. The Bertz CT molecular complexity index is 495. The van der Waals surface area contributed by atoms with Gasteiger partial charge in [-0.3, -0.25) is 0 Å². The van der Waals surface area contributed by atoms with Crippen molar-refractivity contribution >= 4 is 0 Å². The molecule has 1 aliphatic rings. The lowest BCUT2D eigenvalue weighted by molar-refractivity contribution is 0.145. The largest absolute Gasteiger partial charge is 0.310 e. The third-order valence-corrected chi connectivity index (χ3v) is 3.91. The van der Waals surface area contributed by atoms with Gasteiger partial charge in [0.15, 0.2) is 0 Å². The molecule has 0 aliphatic carbocycles. The zero-order valence-electron chi connectivity index (χ0n) is 13.0. The van der Waals surface area contributed by atoms with E-state index in [2.05, 4.69) is 44.4 Å². The number of benzene rings is 1. The van der Waals surface area contributed by atoms with Crippen LogP contribution >= 0.6 is 0 Å². The second kappa shape index (κ2) is 5.55. The molecule has 0 aromatic heterocycles. The normalized spacial score (nSPS) is 21.4. The van der Waals surface area contributed by atoms with E-state index >= 15 is 0 Å². The van der Waals surface area contributed by atoms with Gasteiger partial charge in [0.2, 0.25) is 0 Å². The zero-order valence-corrected chi connectivity index (χ0v) is 13.0. The fraction of sp³-hybridized carbons (Fsp3) is 0.588. The van der Waals surface area contributed by atoms with Crippen molar-refractivity contribution in [3.63, 3.8) is 0 Å². The molecule has 2 rings (SSSR count). The Balaban J connectivity index is 2.02. The van der Waals surface area contributed by atoms with Crippen molar-refractivity contribution in [3.05, 3.63) is 35.4 Å². The third-order valence-electron chi connectivity index (χ3n) is 3.91. The van der Waals surface area contributed by atoms with E-state index in [0.29, 0.717) is 6.04 Å². The number of nitrogens with one attached hydrogen (secondary N) is 2. The van der Waals surface area contributed by atoms with Gasteiger partial charge in [-0.25, -0.2) is 0 Å². The van der Waals surface area contributed by atoms with Gasteiger partial charge in [-0.05, 0) is 52.2 Å². The molecule has 2 N–H and O–H groups in total. The van der Waals surface area contributed by atoms with Crippen LogP contribution in [0.2, 0.25) is 0 Å². The van der Waals surface area contributed by atoms with Gasteiger partial charge < -0.3 is 10.6 Å². The van der Waals surface area contributed by atoms with E-state index in [1.165, 1.54) is 0 Å². The minimum atomic E-state index is 0.147. The van der Waals surface area contributed by atoms with E-state index in [1.54, 1.807) is 0 Å². The van der Waals surface area contributed by atoms with Gasteiger partial charge in [-0.15, -0.1) is 0 Å². The van der Waals surface area contributed by atoms with Gasteiger partial charge in [0.1, 0.15) is 0 Å². The first-order valence-electron chi connectivity index (χ1n) is 7.32. The molecule has 1 heterocycles. The van der Waals surface area contributed by atoms with Crippen LogP contribution in [0.5, 0.6) is 0 Å². The summed E-state index contributed by atoms with van der Waals surface area (Å²) in [5, 5.41) is 16.5. The summed E-state index contributed by atoms with van der Waals surface area (Å²) in [6.07, 6.45) is 2.20. The van der Waals surface area contributed by atoms with E-state index in [4.69, 9.17) is 5.26 Å². The zero-order chi connectivity index (χ0) is 14.8. The Kier molecular flexibility index (Phi) is 4.17. The lowest BCUT2D eigenvalue weighted by atomic mass is 9.79. The van der Waals surface area contributed by atoms with Gasteiger partial charge in [0.05, 0.1) is 11.6 Å². The second-order valence-electron chi connectivity index (χ2n) is 7.15. The topological polar surface area (TPSA) is 47.9 Å². The Hall–Kier alpha value is -1.37. The highest BCUT2D eigenvalue weighted by atomic mass is 15.1. The summed E-state index contributed by atoms with van der Waals surface area (Å²) >= 11 is 0. The monoisotopic (exact) mass is 271 g/mol. The van der Waals surface area contributed by atoms with E-state index in [-0.39, 0.29) is 11.1 Å².